The molecule has 3 heterocycles. The minimum atomic E-state index is -0.706. The lowest BCUT2D eigenvalue weighted by molar-refractivity contribution is 0.0577. The van der Waals surface area contributed by atoms with Crippen molar-refractivity contribution in [2.75, 3.05) is 13.1 Å². The molecule has 0 radical (unpaired) electrons. The van der Waals surface area contributed by atoms with Gasteiger partial charge in [0, 0.05) is 45.4 Å². The zero-order valence-electron chi connectivity index (χ0n) is 13.6. The van der Waals surface area contributed by atoms with Crippen molar-refractivity contribution in [3.05, 3.63) is 56.7 Å². The minimum absolute atomic E-state index is 0.0539. The molecule has 0 unspecified atom stereocenters. The maximum Gasteiger partial charge on any atom is 0.328 e. The molecule has 1 aliphatic heterocycles. The number of rotatable bonds is 3. The lowest BCUT2D eigenvalue weighted by Gasteiger charge is -2.31. The Labute approximate surface area is 141 Å². The second-order valence-corrected chi connectivity index (χ2v) is 5.81. The van der Waals surface area contributed by atoms with Crippen molar-refractivity contribution in [1.29, 1.82) is 0 Å². The zero-order chi connectivity index (χ0) is 18.0. The first-order valence-corrected chi connectivity index (χ1v) is 7.82. The molecule has 2 aromatic heterocycles. The largest absolute Gasteiger partial charge is 0.472 e. The van der Waals surface area contributed by atoms with Gasteiger partial charge in [-0.3, -0.25) is 14.6 Å². The molecule has 1 N–H and O–H groups in total. The van der Waals surface area contributed by atoms with Crippen LogP contribution in [0.3, 0.4) is 0 Å². The van der Waals surface area contributed by atoms with Crippen LogP contribution in [0, 0.1) is 5.82 Å². The van der Waals surface area contributed by atoms with Crippen molar-refractivity contribution < 1.29 is 13.9 Å². The smallest absolute Gasteiger partial charge is 0.328 e. The van der Waals surface area contributed by atoms with Crippen LogP contribution in [-0.4, -0.2) is 44.5 Å². The van der Waals surface area contributed by atoms with Gasteiger partial charge in [0.05, 0.1) is 0 Å². The van der Waals surface area contributed by atoms with Gasteiger partial charge in [0.15, 0.2) is 5.82 Å². The molecular formula is C16H17FN4O4. The number of ether oxygens (including phenoxy) is 1. The van der Waals surface area contributed by atoms with Gasteiger partial charge in [-0.05, 0) is 12.1 Å². The number of halogens is 1. The fourth-order valence-electron chi connectivity index (χ4n) is 2.68. The number of amides is 1. The Morgan fingerprint density at radius 3 is 2.76 bits per heavy atom. The molecule has 0 bridgehead atoms. The van der Waals surface area contributed by atoms with E-state index in [2.05, 4.69) is 9.97 Å². The highest BCUT2D eigenvalue weighted by molar-refractivity contribution is 5.93. The van der Waals surface area contributed by atoms with Crippen molar-refractivity contribution in [3.63, 3.8) is 0 Å². The molecular weight excluding hydrogens is 331 g/mol. The Morgan fingerprint density at radius 2 is 2.08 bits per heavy atom. The lowest BCUT2D eigenvalue weighted by atomic mass is 10.1. The third-order valence-corrected chi connectivity index (χ3v) is 4.07. The van der Waals surface area contributed by atoms with Gasteiger partial charge in [0.1, 0.15) is 11.7 Å². The predicted molar refractivity (Wildman–Crippen MR) is 86.1 cm³/mol. The summed E-state index contributed by atoms with van der Waals surface area (Å²) in [4.78, 5) is 43.1. The van der Waals surface area contributed by atoms with Gasteiger partial charge in [-0.15, -0.1) is 0 Å². The van der Waals surface area contributed by atoms with Crippen molar-refractivity contribution >= 4 is 5.91 Å². The molecule has 0 atom stereocenters. The van der Waals surface area contributed by atoms with Gasteiger partial charge in [0.25, 0.3) is 17.3 Å². The molecule has 25 heavy (non-hydrogen) atoms. The van der Waals surface area contributed by atoms with E-state index in [1.54, 1.807) is 0 Å². The summed E-state index contributed by atoms with van der Waals surface area (Å²) < 4.78 is 20.3. The summed E-state index contributed by atoms with van der Waals surface area (Å²) >= 11 is 0. The maximum absolute atomic E-state index is 13.6. The molecule has 0 spiro atoms. The summed E-state index contributed by atoms with van der Waals surface area (Å²) in [5, 5.41) is 0. The quantitative estimate of drug-likeness (QED) is 0.860. The lowest BCUT2D eigenvalue weighted by Crippen LogP contribution is -2.44. The normalized spacial score (nSPS) is 15.2. The van der Waals surface area contributed by atoms with Gasteiger partial charge in [0.2, 0.25) is 0 Å². The fourth-order valence-corrected chi connectivity index (χ4v) is 2.68. The van der Waals surface area contributed by atoms with Crippen LogP contribution in [0.25, 0.3) is 0 Å². The number of hydrogen-bond acceptors (Lipinski definition) is 5. The van der Waals surface area contributed by atoms with E-state index in [1.807, 2.05) is 0 Å². The third kappa shape index (κ3) is 3.59. The first kappa shape index (κ1) is 16.9. The molecule has 1 saturated heterocycles. The number of carbonyl (C=O) groups excluding carboxylic acids is 1. The van der Waals surface area contributed by atoms with Crippen LogP contribution in [0.4, 0.5) is 4.39 Å². The summed E-state index contributed by atoms with van der Waals surface area (Å²) in [7, 11) is 1.45. The zero-order valence-corrected chi connectivity index (χ0v) is 13.6. The van der Waals surface area contributed by atoms with Crippen LogP contribution in [0.5, 0.6) is 5.88 Å². The van der Waals surface area contributed by atoms with Gasteiger partial charge >= 0.3 is 5.69 Å². The van der Waals surface area contributed by atoms with Crippen LogP contribution in [-0.2, 0) is 7.05 Å². The fraction of sp³-hybridized carbons (Fsp3) is 0.375. The van der Waals surface area contributed by atoms with Crippen molar-refractivity contribution in [2.45, 2.75) is 18.9 Å². The molecule has 132 valence electrons. The Bertz CT molecular complexity index is 899. The number of nitrogens with one attached hydrogen (secondary N) is 1. The first-order chi connectivity index (χ1) is 12.0. The molecule has 9 heteroatoms. The number of hydrogen-bond donors (Lipinski definition) is 1. The number of aromatic amines is 1. The molecule has 1 fully saturated rings. The van der Waals surface area contributed by atoms with E-state index in [4.69, 9.17) is 4.74 Å². The highest BCUT2D eigenvalue weighted by atomic mass is 19.1. The second kappa shape index (κ2) is 6.88. The molecule has 1 aliphatic rings. The molecule has 0 aliphatic carbocycles. The summed E-state index contributed by atoms with van der Waals surface area (Å²) in [6, 6.07) is 2.75. The Kier molecular flexibility index (Phi) is 4.64. The average Bonchev–Trinajstić information content (AvgIpc) is 2.60. The number of H-pyrrole nitrogens is 1. The van der Waals surface area contributed by atoms with E-state index < -0.39 is 23.0 Å². The minimum Gasteiger partial charge on any atom is -0.472 e. The second-order valence-electron chi connectivity index (χ2n) is 5.81. The van der Waals surface area contributed by atoms with E-state index >= 15 is 0 Å². The van der Waals surface area contributed by atoms with Crippen LogP contribution < -0.4 is 16.0 Å². The van der Waals surface area contributed by atoms with E-state index in [0.29, 0.717) is 25.9 Å². The highest BCUT2D eigenvalue weighted by Gasteiger charge is 2.27. The van der Waals surface area contributed by atoms with E-state index in [0.717, 1.165) is 4.57 Å². The average molecular weight is 348 g/mol. The summed E-state index contributed by atoms with van der Waals surface area (Å²) in [5.74, 6) is -1.03. The van der Waals surface area contributed by atoms with Crippen LogP contribution in [0.1, 0.15) is 23.2 Å². The summed E-state index contributed by atoms with van der Waals surface area (Å²) in [6.45, 7) is 0.723. The van der Waals surface area contributed by atoms with E-state index in [9.17, 15) is 18.8 Å². The molecule has 0 aromatic carbocycles. The number of aryl methyl sites for hydroxylation is 1. The molecule has 1 amide bonds. The first-order valence-electron chi connectivity index (χ1n) is 7.82. The molecule has 2 aromatic rings. The van der Waals surface area contributed by atoms with E-state index in [-0.39, 0.29) is 17.5 Å². The van der Waals surface area contributed by atoms with Crippen molar-refractivity contribution in [1.82, 2.24) is 19.4 Å². The van der Waals surface area contributed by atoms with Gasteiger partial charge in [-0.2, -0.15) is 0 Å². The van der Waals surface area contributed by atoms with E-state index in [1.165, 1.54) is 36.5 Å². The Hall–Kier alpha value is -2.97. The van der Waals surface area contributed by atoms with Crippen molar-refractivity contribution in [2.24, 2.45) is 7.05 Å². The van der Waals surface area contributed by atoms with Gasteiger partial charge in [-0.25, -0.2) is 14.2 Å². The summed E-state index contributed by atoms with van der Waals surface area (Å²) in [6.07, 6.45) is 3.40. The number of aromatic nitrogens is 3. The molecule has 8 nitrogen and oxygen atoms in total. The number of carbonyl (C=O) groups is 1. The maximum atomic E-state index is 13.6. The number of likely N-dealkylation sites (tertiary alicyclic amines) is 1. The monoisotopic (exact) mass is 348 g/mol. The van der Waals surface area contributed by atoms with Crippen LogP contribution in [0.2, 0.25) is 0 Å². The SMILES string of the molecule is Cn1cc(C(=O)N2CCC(Oc3ncccc3F)CC2)c(=O)[nH]c1=O. The Morgan fingerprint density at radius 1 is 1.36 bits per heavy atom. The number of piperidine rings is 1. The number of pyridine rings is 1. The predicted octanol–water partition coefficient (Wildman–Crippen LogP) is 0.291. The van der Waals surface area contributed by atoms with Gasteiger partial charge in [-0.1, -0.05) is 0 Å². The number of nitrogens with zero attached hydrogens (tertiary/aromatic N) is 3. The highest BCUT2D eigenvalue weighted by Crippen LogP contribution is 2.20. The standard InChI is InChI=1S/C16H17FN4O4/c1-20-9-11(13(22)19-16(20)24)15(23)21-7-4-10(5-8-21)25-14-12(17)3-2-6-18-14/h2-3,6,9-10H,4-5,7-8H2,1H3,(H,19,22,24). The van der Waals surface area contributed by atoms with Crippen LogP contribution in [0.15, 0.2) is 34.1 Å². The van der Waals surface area contributed by atoms with Gasteiger partial charge < -0.3 is 14.2 Å². The van der Waals surface area contributed by atoms with Crippen LogP contribution >= 0.6 is 0 Å². The third-order valence-electron chi connectivity index (χ3n) is 4.07. The topological polar surface area (TPSA) is 97.3 Å². The summed E-state index contributed by atoms with van der Waals surface area (Å²) in [5.41, 5.74) is -1.37. The van der Waals surface area contributed by atoms with Crippen molar-refractivity contribution in [3.8, 4) is 5.88 Å². The molecule has 0 saturated carbocycles. The molecule has 3 rings (SSSR count). The Balaban J connectivity index is 1.65.